The molecule has 0 aliphatic heterocycles. The molecule has 0 radical (unpaired) electrons. The molecule has 0 aliphatic carbocycles. The third kappa shape index (κ3) is 2.66. The van der Waals surface area contributed by atoms with Gasteiger partial charge in [-0.1, -0.05) is 11.6 Å². The van der Waals surface area contributed by atoms with Crippen LogP contribution in [0.25, 0.3) is 0 Å². The van der Waals surface area contributed by atoms with E-state index < -0.39 is 5.82 Å². The van der Waals surface area contributed by atoms with Crippen LogP contribution in [0.4, 0.5) is 21.8 Å². The lowest BCUT2D eigenvalue weighted by Crippen LogP contribution is -2.11. The van der Waals surface area contributed by atoms with Crippen molar-refractivity contribution in [2.45, 2.75) is 6.92 Å². The zero-order chi connectivity index (χ0) is 13.1. The van der Waals surface area contributed by atoms with Crippen molar-refractivity contribution in [1.29, 1.82) is 0 Å². The number of nitrogens with zero attached hydrogens (tertiary/aromatic N) is 2. The van der Waals surface area contributed by atoms with Crippen molar-refractivity contribution < 1.29 is 4.39 Å². The number of benzene rings is 1. The summed E-state index contributed by atoms with van der Waals surface area (Å²) < 4.78 is 12.9. The summed E-state index contributed by atoms with van der Waals surface area (Å²) in [4.78, 5) is 8.09. The van der Waals surface area contributed by atoms with E-state index in [1.54, 1.807) is 6.20 Å². The topological polar surface area (TPSA) is 75.9 Å². The molecule has 0 fully saturated rings. The summed E-state index contributed by atoms with van der Waals surface area (Å²) in [5.74, 6) is 5.67. The minimum Gasteiger partial charge on any atom is -0.339 e. The standard InChI is InChI=1S/C11H11ClFN5/c1-6-5-15-11(18-14)17-10(6)16-9-3-2-7(13)4-8(9)12/h2-5H,14H2,1H3,(H2,15,16,17,18). The SMILES string of the molecule is Cc1cnc(NN)nc1Nc1ccc(F)cc1Cl. The number of aromatic nitrogens is 2. The number of nitrogens with one attached hydrogen (secondary N) is 2. The number of halogens is 2. The lowest BCUT2D eigenvalue weighted by atomic mass is 10.3. The molecular formula is C11H11ClFN5. The molecule has 2 aromatic rings. The zero-order valence-corrected chi connectivity index (χ0v) is 10.3. The number of hydrazine groups is 1. The van der Waals surface area contributed by atoms with E-state index in [1.165, 1.54) is 18.2 Å². The molecule has 0 atom stereocenters. The second-order valence-corrected chi connectivity index (χ2v) is 4.03. The number of hydrogen-bond donors (Lipinski definition) is 3. The Balaban J connectivity index is 2.33. The van der Waals surface area contributed by atoms with Gasteiger partial charge in [-0.05, 0) is 25.1 Å². The Kier molecular flexibility index (Phi) is 3.59. The van der Waals surface area contributed by atoms with Gasteiger partial charge in [0, 0.05) is 11.8 Å². The van der Waals surface area contributed by atoms with Crippen molar-refractivity contribution in [2.24, 2.45) is 5.84 Å². The molecule has 18 heavy (non-hydrogen) atoms. The van der Waals surface area contributed by atoms with Crippen LogP contribution in [0.2, 0.25) is 5.02 Å². The third-order valence-electron chi connectivity index (χ3n) is 2.29. The van der Waals surface area contributed by atoms with Gasteiger partial charge in [0.1, 0.15) is 11.6 Å². The van der Waals surface area contributed by atoms with Crippen LogP contribution >= 0.6 is 11.6 Å². The number of anilines is 3. The third-order valence-corrected chi connectivity index (χ3v) is 2.60. The van der Waals surface area contributed by atoms with Gasteiger partial charge in [0.05, 0.1) is 10.7 Å². The van der Waals surface area contributed by atoms with Crippen molar-refractivity contribution in [1.82, 2.24) is 9.97 Å². The first kappa shape index (κ1) is 12.5. The van der Waals surface area contributed by atoms with Crippen LogP contribution in [-0.2, 0) is 0 Å². The monoisotopic (exact) mass is 267 g/mol. The van der Waals surface area contributed by atoms with Gasteiger partial charge in [-0.25, -0.2) is 15.2 Å². The van der Waals surface area contributed by atoms with Gasteiger partial charge in [0.25, 0.3) is 0 Å². The second-order valence-electron chi connectivity index (χ2n) is 3.62. The van der Waals surface area contributed by atoms with Crippen LogP contribution in [0.5, 0.6) is 0 Å². The molecular weight excluding hydrogens is 257 g/mol. The Morgan fingerprint density at radius 3 is 2.83 bits per heavy atom. The largest absolute Gasteiger partial charge is 0.339 e. The van der Waals surface area contributed by atoms with Gasteiger partial charge in [-0.15, -0.1) is 0 Å². The van der Waals surface area contributed by atoms with E-state index in [0.29, 0.717) is 11.5 Å². The van der Waals surface area contributed by atoms with Crippen LogP contribution in [0.3, 0.4) is 0 Å². The summed E-state index contributed by atoms with van der Waals surface area (Å²) in [6.45, 7) is 1.83. The maximum absolute atomic E-state index is 12.9. The molecule has 0 aliphatic rings. The van der Waals surface area contributed by atoms with E-state index in [0.717, 1.165) is 5.56 Å². The summed E-state index contributed by atoms with van der Waals surface area (Å²) >= 11 is 5.92. The molecule has 0 saturated carbocycles. The Bertz CT molecular complexity index is 575. The molecule has 1 heterocycles. The quantitative estimate of drug-likeness (QED) is 0.589. The molecule has 7 heteroatoms. The molecule has 1 aromatic heterocycles. The average Bonchev–Trinajstić information content (AvgIpc) is 2.35. The highest BCUT2D eigenvalue weighted by Crippen LogP contribution is 2.26. The van der Waals surface area contributed by atoms with E-state index in [4.69, 9.17) is 17.4 Å². The Labute approximate surface area is 108 Å². The van der Waals surface area contributed by atoms with Gasteiger partial charge in [-0.3, -0.25) is 5.43 Å². The Morgan fingerprint density at radius 2 is 2.17 bits per heavy atom. The fraction of sp³-hybridized carbons (Fsp3) is 0.0909. The van der Waals surface area contributed by atoms with Gasteiger partial charge < -0.3 is 5.32 Å². The molecule has 0 amide bonds. The van der Waals surface area contributed by atoms with Gasteiger partial charge in [0.2, 0.25) is 5.95 Å². The summed E-state index contributed by atoms with van der Waals surface area (Å²) in [5.41, 5.74) is 3.72. The molecule has 0 bridgehead atoms. The first-order chi connectivity index (χ1) is 8.60. The lowest BCUT2D eigenvalue weighted by molar-refractivity contribution is 0.628. The number of aryl methyl sites for hydroxylation is 1. The molecule has 94 valence electrons. The fourth-order valence-corrected chi connectivity index (χ4v) is 1.57. The fourth-order valence-electron chi connectivity index (χ4n) is 1.36. The van der Waals surface area contributed by atoms with E-state index >= 15 is 0 Å². The van der Waals surface area contributed by atoms with E-state index in [2.05, 4.69) is 20.7 Å². The molecule has 1 aromatic carbocycles. The minimum absolute atomic E-state index is 0.273. The van der Waals surface area contributed by atoms with Gasteiger partial charge in [-0.2, -0.15) is 4.98 Å². The average molecular weight is 268 g/mol. The predicted octanol–water partition coefficient (Wildman–Crippen LogP) is 2.61. The van der Waals surface area contributed by atoms with Crippen molar-refractivity contribution in [3.05, 3.63) is 40.8 Å². The summed E-state index contributed by atoms with van der Waals surface area (Å²) in [7, 11) is 0. The highest BCUT2D eigenvalue weighted by atomic mass is 35.5. The highest BCUT2D eigenvalue weighted by Gasteiger charge is 2.07. The van der Waals surface area contributed by atoms with Crippen LogP contribution in [0.1, 0.15) is 5.56 Å². The maximum Gasteiger partial charge on any atom is 0.239 e. The zero-order valence-electron chi connectivity index (χ0n) is 9.54. The minimum atomic E-state index is -0.394. The number of nitrogen functional groups attached to an aromatic ring is 1. The van der Waals surface area contributed by atoms with Crippen molar-refractivity contribution in [3.63, 3.8) is 0 Å². The molecule has 0 saturated heterocycles. The predicted molar refractivity (Wildman–Crippen MR) is 69.3 cm³/mol. The smallest absolute Gasteiger partial charge is 0.239 e. The lowest BCUT2D eigenvalue weighted by Gasteiger charge is -2.10. The van der Waals surface area contributed by atoms with Crippen LogP contribution in [-0.4, -0.2) is 9.97 Å². The normalized spacial score (nSPS) is 10.2. The summed E-state index contributed by atoms with van der Waals surface area (Å²) in [5, 5.41) is 3.27. The van der Waals surface area contributed by atoms with Crippen LogP contribution in [0.15, 0.2) is 24.4 Å². The number of nitrogens with two attached hydrogens (primary N) is 1. The first-order valence-electron chi connectivity index (χ1n) is 5.12. The highest BCUT2D eigenvalue weighted by molar-refractivity contribution is 6.33. The number of rotatable bonds is 3. The van der Waals surface area contributed by atoms with Crippen molar-refractivity contribution in [3.8, 4) is 0 Å². The molecule has 5 nitrogen and oxygen atoms in total. The first-order valence-corrected chi connectivity index (χ1v) is 5.50. The maximum atomic E-state index is 12.9. The van der Waals surface area contributed by atoms with E-state index in [1.807, 2.05) is 6.92 Å². The summed E-state index contributed by atoms with van der Waals surface area (Å²) in [6.07, 6.45) is 1.61. The molecule has 4 N–H and O–H groups in total. The molecule has 0 spiro atoms. The van der Waals surface area contributed by atoms with Crippen LogP contribution in [0, 0.1) is 12.7 Å². The van der Waals surface area contributed by atoms with Gasteiger partial charge in [0.15, 0.2) is 0 Å². The Hall–Kier alpha value is -1.92. The van der Waals surface area contributed by atoms with Gasteiger partial charge >= 0.3 is 0 Å². The second kappa shape index (κ2) is 5.16. The molecule has 0 unspecified atom stereocenters. The van der Waals surface area contributed by atoms with Crippen LogP contribution < -0.4 is 16.6 Å². The van der Waals surface area contributed by atoms with Crippen molar-refractivity contribution in [2.75, 3.05) is 10.7 Å². The number of hydrogen-bond acceptors (Lipinski definition) is 5. The van der Waals surface area contributed by atoms with E-state index in [9.17, 15) is 4.39 Å². The Morgan fingerprint density at radius 1 is 1.39 bits per heavy atom. The summed E-state index contributed by atoms with van der Waals surface area (Å²) in [6, 6.07) is 4.07. The molecule has 2 rings (SSSR count). The van der Waals surface area contributed by atoms with E-state index in [-0.39, 0.29) is 11.0 Å². The van der Waals surface area contributed by atoms with Crippen molar-refractivity contribution >= 4 is 29.1 Å².